The predicted molar refractivity (Wildman–Crippen MR) is 140 cm³/mol. The molecule has 1 amide bonds. The summed E-state index contributed by atoms with van der Waals surface area (Å²) in [6, 6.07) is 19.5. The predicted octanol–water partition coefficient (Wildman–Crippen LogP) is 7.70. The Labute approximate surface area is 204 Å². The van der Waals surface area contributed by atoms with E-state index in [4.69, 9.17) is 0 Å². The lowest BCUT2D eigenvalue weighted by molar-refractivity contribution is 0.0931. The van der Waals surface area contributed by atoms with Crippen LogP contribution in [0.2, 0.25) is 0 Å². The van der Waals surface area contributed by atoms with Crippen molar-refractivity contribution in [3.63, 3.8) is 0 Å². The van der Waals surface area contributed by atoms with Gasteiger partial charge in [-0.05, 0) is 85.9 Å². The summed E-state index contributed by atoms with van der Waals surface area (Å²) in [5.41, 5.74) is 7.69. The molecule has 180 valence electrons. The molecule has 3 rings (SSSR count). The summed E-state index contributed by atoms with van der Waals surface area (Å²) in [5.74, 6) is 0.242. The second kappa shape index (κ2) is 12.0. The smallest absolute Gasteiger partial charge is 0.252 e. The molecule has 3 aromatic carbocycles. The molecule has 0 aliphatic heterocycles. The van der Waals surface area contributed by atoms with Gasteiger partial charge in [0.15, 0.2) is 0 Å². The van der Waals surface area contributed by atoms with Gasteiger partial charge in [-0.1, -0.05) is 80.8 Å². The highest BCUT2D eigenvalue weighted by Gasteiger charge is 2.20. The fraction of sp³-hybridized carbons (Fsp3) is 0.387. The fourth-order valence-electron chi connectivity index (χ4n) is 4.61. The lowest BCUT2D eigenvalue weighted by Crippen LogP contribution is -2.30. The molecule has 0 fully saturated rings. The average molecular weight is 460 g/mol. The first-order valence-electron chi connectivity index (χ1n) is 12.5. The third-order valence-corrected chi connectivity index (χ3v) is 6.21. The van der Waals surface area contributed by atoms with E-state index in [-0.39, 0.29) is 17.8 Å². The first-order valence-corrected chi connectivity index (χ1v) is 12.5. The van der Waals surface area contributed by atoms with E-state index in [1.165, 1.54) is 28.8 Å². The third kappa shape index (κ3) is 7.28. The molecule has 0 heterocycles. The van der Waals surface area contributed by atoms with Crippen molar-refractivity contribution in [3.05, 3.63) is 105 Å². The van der Waals surface area contributed by atoms with Crippen LogP contribution in [0.3, 0.4) is 0 Å². The highest BCUT2D eigenvalue weighted by Crippen LogP contribution is 2.25. The van der Waals surface area contributed by atoms with Gasteiger partial charge in [0, 0.05) is 5.56 Å². The minimum absolute atomic E-state index is 0.00288. The molecule has 0 saturated heterocycles. The lowest BCUT2D eigenvalue weighted by Gasteiger charge is -2.23. The zero-order valence-electron chi connectivity index (χ0n) is 21.2. The largest absolute Gasteiger partial charge is 0.345 e. The van der Waals surface area contributed by atoms with Crippen LogP contribution in [0.1, 0.15) is 83.4 Å². The summed E-state index contributed by atoms with van der Waals surface area (Å²) in [6.07, 6.45) is 4.38. The number of rotatable bonds is 10. The number of carbonyl (C=O) groups excluding carboxylic acids is 1. The topological polar surface area (TPSA) is 29.1 Å². The molecule has 1 atom stereocenters. The highest BCUT2D eigenvalue weighted by molar-refractivity contribution is 5.96. The second-order valence-corrected chi connectivity index (χ2v) is 9.94. The molecule has 0 spiro atoms. The fourth-order valence-corrected chi connectivity index (χ4v) is 4.61. The van der Waals surface area contributed by atoms with Crippen molar-refractivity contribution in [1.29, 1.82) is 0 Å². The summed E-state index contributed by atoms with van der Waals surface area (Å²) >= 11 is 0. The maximum Gasteiger partial charge on any atom is 0.252 e. The monoisotopic (exact) mass is 459 g/mol. The molecular formula is C31H38FNO. The molecule has 0 aliphatic rings. The van der Waals surface area contributed by atoms with Crippen LogP contribution in [-0.4, -0.2) is 5.91 Å². The van der Waals surface area contributed by atoms with Crippen LogP contribution >= 0.6 is 0 Å². The Balaban J connectivity index is 1.84. The Morgan fingerprint density at radius 3 is 2.09 bits per heavy atom. The van der Waals surface area contributed by atoms with Gasteiger partial charge in [-0.25, -0.2) is 4.39 Å². The first kappa shape index (κ1) is 25.7. The van der Waals surface area contributed by atoms with Gasteiger partial charge < -0.3 is 5.32 Å². The van der Waals surface area contributed by atoms with Gasteiger partial charge in [0.05, 0.1) is 6.04 Å². The van der Waals surface area contributed by atoms with E-state index < -0.39 is 0 Å². The van der Waals surface area contributed by atoms with Gasteiger partial charge in [-0.3, -0.25) is 4.79 Å². The standard InChI is InChI=1S/C31H38FNO/c1-6-7-26-13-10-25(9-8-24-11-14-28(32)15-12-24)20-29(26)31(34)33-30(16-21(2)3)27-18-22(4)17-23(5)19-27/h10-15,17-21,30H,6-9,16H2,1-5H3,(H,33,34). The maximum atomic E-state index is 13.6. The number of carbonyl (C=O) groups is 1. The molecule has 3 heteroatoms. The van der Waals surface area contributed by atoms with Crippen molar-refractivity contribution in [1.82, 2.24) is 5.32 Å². The van der Waals surface area contributed by atoms with Crippen LogP contribution in [0.4, 0.5) is 4.39 Å². The van der Waals surface area contributed by atoms with E-state index in [0.29, 0.717) is 5.92 Å². The van der Waals surface area contributed by atoms with E-state index in [1.807, 2.05) is 12.1 Å². The van der Waals surface area contributed by atoms with Crippen molar-refractivity contribution in [2.45, 2.75) is 72.8 Å². The van der Waals surface area contributed by atoms with Crippen molar-refractivity contribution in [3.8, 4) is 0 Å². The van der Waals surface area contributed by atoms with Crippen LogP contribution < -0.4 is 5.32 Å². The van der Waals surface area contributed by atoms with Crippen LogP contribution in [0, 0.1) is 25.6 Å². The van der Waals surface area contributed by atoms with Gasteiger partial charge >= 0.3 is 0 Å². The van der Waals surface area contributed by atoms with Crippen LogP contribution in [-0.2, 0) is 19.3 Å². The Bertz CT molecular complexity index is 1080. The summed E-state index contributed by atoms with van der Waals surface area (Å²) in [5, 5.41) is 3.36. The van der Waals surface area contributed by atoms with E-state index in [2.05, 4.69) is 76.3 Å². The Kier molecular flexibility index (Phi) is 9.04. The SMILES string of the molecule is CCCc1ccc(CCc2ccc(F)cc2)cc1C(=O)NC(CC(C)C)c1cc(C)cc(C)c1. The lowest BCUT2D eigenvalue weighted by atomic mass is 9.93. The molecule has 2 nitrogen and oxygen atoms in total. The summed E-state index contributed by atoms with van der Waals surface area (Å²) in [7, 11) is 0. The van der Waals surface area contributed by atoms with E-state index in [9.17, 15) is 9.18 Å². The van der Waals surface area contributed by atoms with Crippen molar-refractivity contribution < 1.29 is 9.18 Å². The molecule has 0 bridgehead atoms. The minimum Gasteiger partial charge on any atom is -0.345 e. The molecule has 0 aromatic heterocycles. The number of hydrogen-bond acceptors (Lipinski definition) is 1. The van der Waals surface area contributed by atoms with Crippen LogP contribution in [0.15, 0.2) is 60.7 Å². The van der Waals surface area contributed by atoms with Gasteiger partial charge in [0.1, 0.15) is 5.82 Å². The Morgan fingerprint density at radius 2 is 1.47 bits per heavy atom. The van der Waals surface area contributed by atoms with E-state index in [1.54, 1.807) is 0 Å². The quantitative estimate of drug-likeness (QED) is 0.331. The zero-order chi connectivity index (χ0) is 24.7. The number of halogens is 1. The van der Waals surface area contributed by atoms with Crippen molar-refractivity contribution in [2.75, 3.05) is 0 Å². The van der Waals surface area contributed by atoms with Crippen molar-refractivity contribution in [2.24, 2.45) is 5.92 Å². The van der Waals surface area contributed by atoms with Crippen molar-refractivity contribution >= 4 is 5.91 Å². The molecule has 1 N–H and O–H groups in total. The number of hydrogen-bond donors (Lipinski definition) is 1. The average Bonchev–Trinajstić information content (AvgIpc) is 2.78. The zero-order valence-corrected chi connectivity index (χ0v) is 21.2. The molecule has 3 aromatic rings. The normalized spacial score (nSPS) is 12.1. The van der Waals surface area contributed by atoms with Gasteiger partial charge in [-0.15, -0.1) is 0 Å². The number of nitrogens with one attached hydrogen (secondary N) is 1. The minimum atomic E-state index is -0.216. The molecule has 34 heavy (non-hydrogen) atoms. The van der Waals surface area contributed by atoms with Gasteiger partial charge in [0.25, 0.3) is 5.91 Å². The Hall–Kier alpha value is -2.94. The number of amides is 1. The third-order valence-electron chi connectivity index (χ3n) is 6.21. The highest BCUT2D eigenvalue weighted by atomic mass is 19.1. The van der Waals surface area contributed by atoms with Crippen LogP contribution in [0.25, 0.3) is 0 Å². The summed E-state index contributed by atoms with van der Waals surface area (Å²) in [6.45, 7) is 10.7. The molecule has 1 unspecified atom stereocenters. The second-order valence-electron chi connectivity index (χ2n) is 9.94. The summed E-state index contributed by atoms with van der Waals surface area (Å²) in [4.78, 5) is 13.6. The Morgan fingerprint density at radius 1 is 0.853 bits per heavy atom. The van der Waals surface area contributed by atoms with E-state index in [0.717, 1.165) is 54.4 Å². The first-order chi connectivity index (χ1) is 16.2. The number of benzene rings is 3. The maximum absolute atomic E-state index is 13.6. The van der Waals surface area contributed by atoms with Gasteiger partial charge in [-0.2, -0.15) is 0 Å². The molecular weight excluding hydrogens is 421 g/mol. The van der Waals surface area contributed by atoms with Crippen LogP contribution in [0.5, 0.6) is 0 Å². The summed E-state index contributed by atoms with van der Waals surface area (Å²) < 4.78 is 13.2. The molecule has 0 aliphatic carbocycles. The van der Waals surface area contributed by atoms with Gasteiger partial charge in [0.2, 0.25) is 0 Å². The molecule has 0 radical (unpaired) electrons. The van der Waals surface area contributed by atoms with E-state index >= 15 is 0 Å². The number of aryl methyl sites for hydroxylation is 5. The molecule has 0 saturated carbocycles.